The Morgan fingerprint density at radius 2 is 1.64 bits per heavy atom. The first-order chi connectivity index (χ1) is 13.4. The summed E-state index contributed by atoms with van der Waals surface area (Å²) in [5, 5.41) is 19.5. The quantitative estimate of drug-likeness (QED) is 0.618. The molecule has 28 heavy (non-hydrogen) atoms. The largest absolute Gasteiger partial charge is 0.508 e. The van der Waals surface area contributed by atoms with E-state index in [9.17, 15) is 15.0 Å². The van der Waals surface area contributed by atoms with Gasteiger partial charge < -0.3 is 15.1 Å². The first kappa shape index (κ1) is 20.9. The number of benzene rings is 3. The molecule has 4 nitrogen and oxygen atoms in total. The molecule has 3 aromatic carbocycles. The Labute approximate surface area is 166 Å². The van der Waals surface area contributed by atoms with E-state index in [1.807, 2.05) is 55.4 Å². The van der Waals surface area contributed by atoms with Crippen molar-refractivity contribution < 1.29 is 15.0 Å². The molecule has 0 amide bonds. The van der Waals surface area contributed by atoms with Crippen LogP contribution < -0.4 is 0 Å². The van der Waals surface area contributed by atoms with E-state index >= 15 is 0 Å². The Hall–Kier alpha value is -3.37. The van der Waals surface area contributed by atoms with Gasteiger partial charge >= 0.3 is 0 Å². The highest BCUT2D eigenvalue weighted by atomic mass is 16.3. The van der Waals surface area contributed by atoms with Gasteiger partial charge in [-0.05, 0) is 49.0 Å². The zero-order chi connectivity index (χ0) is 20.5. The summed E-state index contributed by atoms with van der Waals surface area (Å²) in [4.78, 5) is 12.4. The van der Waals surface area contributed by atoms with Crippen LogP contribution in [0.5, 0.6) is 11.5 Å². The standard InChI is InChI=1S/C15H17NO2.C9H8O/c1-16(2)10-11-6-7-14(15(18)8-11)12-4-3-5-13(17)9-12;1-2-8-5-3-4-6-9(8)7-10/h3-9,17-18H,10H2,1-2H3;2-7H,1H2. The Morgan fingerprint density at radius 1 is 0.929 bits per heavy atom. The van der Waals surface area contributed by atoms with Crippen LogP contribution in [0.3, 0.4) is 0 Å². The lowest BCUT2D eigenvalue weighted by molar-refractivity contribution is 0.112. The van der Waals surface area contributed by atoms with Crippen molar-refractivity contribution in [3.63, 3.8) is 0 Å². The molecule has 2 N–H and O–H groups in total. The van der Waals surface area contributed by atoms with Crippen molar-refractivity contribution in [1.82, 2.24) is 4.90 Å². The zero-order valence-corrected chi connectivity index (χ0v) is 16.2. The van der Waals surface area contributed by atoms with E-state index < -0.39 is 0 Å². The monoisotopic (exact) mass is 375 g/mol. The molecule has 0 atom stereocenters. The van der Waals surface area contributed by atoms with Crippen LogP contribution in [0.2, 0.25) is 0 Å². The van der Waals surface area contributed by atoms with E-state index in [0.29, 0.717) is 5.56 Å². The Balaban J connectivity index is 0.000000237. The van der Waals surface area contributed by atoms with Crippen LogP contribution in [0.25, 0.3) is 17.2 Å². The minimum absolute atomic E-state index is 0.198. The average molecular weight is 375 g/mol. The molecular formula is C24H25NO3. The number of phenolic OH excluding ortho intramolecular Hbond substituents is 2. The van der Waals surface area contributed by atoms with Gasteiger partial charge in [-0.15, -0.1) is 0 Å². The Bertz CT molecular complexity index is 921. The summed E-state index contributed by atoms with van der Waals surface area (Å²) in [7, 11) is 3.97. The van der Waals surface area contributed by atoms with Crippen molar-refractivity contribution >= 4 is 12.4 Å². The predicted octanol–water partition coefficient (Wildman–Crippen LogP) is 4.97. The molecule has 0 saturated heterocycles. The van der Waals surface area contributed by atoms with E-state index in [1.54, 1.807) is 36.4 Å². The summed E-state index contributed by atoms with van der Waals surface area (Å²) in [6.07, 6.45) is 2.50. The van der Waals surface area contributed by atoms with E-state index in [1.165, 1.54) is 0 Å². The number of hydrogen-bond donors (Lipinski definition) is 2. The maximum Gasteiger partial charge on any atom is 0.150 e. The third-order valence-corrected chi connectivity index (χ3v) is 4.06. The number of rotatable bonds is 5. The third kappa shape index (κ3) is 5.83. The molecule has 0 aliphatic carbocycles. The fourth-order valence-corrected chi connectivity index (χ4v) is 2.76. The summed E-state index contributed by atoms with van der Waals surface area (Å²) < 4.78 is 0. The Morgan fingerprint density at radius 3 is 2.18 bits per heavy atom. The lowest BCUT2D eigenvalue weighted by Crippen LogP contribution is -2.10. The van der Waals surface area contributed by atoms with Crippen molar-refractivity contribution in [3.8, 4) is 22.6 Å². The van der Waals surface area contributed by atoms with Gasteiger partial charge in [0.05, 0.1) is 0 Å². The number of carbonyl (C=O) groups is 1. The van der Waals surface area contributed by atoms with Crippen LogP contribution in [0.15, 0.2) is 73.3 Å². The second kappa shape index (κ2) is 10.1. The van der Waals surface area contributed by atoms with E-state index in [0.717, 1.165) is 35.1 Å². The van der Waals surface area contributed by atoms with Crippen LogP contribution in [-0.4, -0.2) is 35.5 Å². The van der Waals surface area contributed by atoms with Gasteiger partial charge in [0.1, 0.15) is 11.5 Å². The van der Waals surface area contributed by atoms with E-state index in [4.69, 9.17) is 0 Å². The first-order valence-electron chi connectivity index (χ1n) is 8.87. The molecular weight excluding hydrogens is 350 g/mol. The normalized spacial score (nSPS) is 10.1. The molecule has 0 heterocycles. The highest BCUT2D eigenvalue weighted by Crippen LogP contribution is 2.31. The highest BCUT2D eigenvalue weighted by Gasteiger charge is 2.06. The second-order valence-electron chi connectivity index (χ2n) is 6.59. The molecule has 0 aliphatic heterocycles. The highest BCUT2D eigenvalue weighted by molar-refractivity contribution is 5.81. The van der Waals surface area contributed by atoms with Crippen molar-refractivity contribution in [3.05, 3.63) is 90.0 Å². The first-order valence-corrected chi connectivity index (χ1v) is 8.87. The Kier molecular flexibility index (Phi) is 7.55. The molecule has 0 fully saturated rings. The van der Waals surface area contributed by atoms with Crippen molar-refractivity contribution in [2.45, 2.75) is 6.54 Å². The number of carbonyl (C=O) groups excluding carboxylic acids is 1. The summed E-state index contributed by atoms with van der Waals surface area (Å²) in [6.45, 7) is 4.37. The molecule has 0 bridgehead atoms. The molecule has 3 rings (SSSR count). The summed E-state index contributed by atoms with van der Waals surface area (Å²) in [5.74, 6) is 0.434. The lowest BCUT2D eigenvalue weighted by atomic mass is 10.0. The third-order valence-electron chi connectivity index (χ3n) is 4.06. The molecule has 0 spiro atoms. The smallest absolute Gasteiger partial charge is 0.150 e. The maximum atomic E-state index is 10.3. The summed E-state index contributed by atoms with van der Waals surface area (Å²) in [5.41, 5.74) is 4.17. The van der Waals surface area contributed by atoms with Crippen LogP contribution in [0.1, 0.15) is 21.5 Å². The lowest BCUT2D eigenvalue weighted by Gasteiger charge is -2.12. The molecule has 4 heteroatoms. The number of aldehydes is 1. The molecule has 0 radical (unpaired) electrons. The van der Waals surface area contributed by atoms with Crippen LogP contribution in [-0.2, 0) is 6.54 Å². The minimum atomic E-state index is 0.198. The van der Waals surface area contributed by atoms with Crippen LogP contribution in [0, 0.1) is 0 Å². The fraction of sp³-hybridized carbons (Fsp3) is 0.125. The number of hydrogen-bond acceptors (Lipinski definition) is 4. The summed E-state index contributed by atoms with van der Waals surface area (Å²) in [6, 6.07) is 19.8. The van der Waals surface area contributed by atoms with Gasteiger partial charge in [0.15, 0.2) is 6.29 Å². The van der Waals surface area contributed by atoms with Crippen molar-refractivity contribution in [2.75, 3.05) is 14.1 Å². The molecule has 0 aliphatic rings. The maximum absolute atomic E-state index is 10.3. The van der Waals surface area contributed by atoms with Crippen LogP contribution in [0.4, 0.5) is 0 Å². The van der Waals surface area contributed by atoms with Crippen molar-refractivity contribution in [1.29, 1.82) is 0 Å². The van der Waals surface area contributed by atoms with E-state index in [-0.39, 0.29) is 11.5 Å². The zero-order valence-electron chi connectivity index (χ0n) is 16.2. The van der Waals surface area contributed by atoms with Crippen molar-refractivity contribution in [2.24, 2.45) is 0 Å². The van der Waals surface area contributed by atoms with Gasteiger partial charge in [0.25, 0.3) is 0 Å². The molecule has 0 saturated carbocycles. The van der Waals surface area contributed by atoms with Gasteiger partial charge in [0.2, 0.25) is 0 Å². The van der Waals surface area contributed by atoms with Gasteiger partial charge in [-0.25, -0.2) is 0 Å². The van der Waals surface area contributed by atoms with Gasteiger partial charge in [-0.3, -0.25) is 4.79 Å². The molecule has 3 aromatic rings. The molecule has 0 aromatic heterocycles. The number of nitrogens with zero attached hydrogens (tertiary/aromatic N) is 1. The topological polar surface area (TPSA) is 60.8 Å². The minimum Gasteiger partial charge on any atom is -0.508 e. The average Bonchev–Trinajstić information content (AvgIpc) is 2.68. The summed E-state index contributed by atoms with van der Waals surface area (Å²) >= 11 is 0. The van der Waals surface area contributed by atoms with Gasteiger partial charge in [-0.2, -0.15) is 0 Å². The number of phenols is 2. The fourth-order valence-electron chi connectivity index (χ4n) is 2.76. The predicted molar refractivity (Wildman–Crippen MR) is 115 cm³/mol. The second-order valence-corrected chi connectivity index (χ2v) is 6.59. The van der Waals surface area contributed by atoms with E-state index in [2.05, 4.69) is 6.58 Å². The van der Waals surface area contributed by atoms with Gasteiger partial charge in [0, 0.05) is 17.7 Å². The van der Waals surface area contributed by atoms with Gasteiger partial charge in [-0.1, -0.05) is 61.2 Å². The molecule has 0 unspecified atom stereocenters. The van der Waals surface area contributed by atoms with Crippen LogP contribution >= 0.6 is 0 Å². The number of aromatic hydroxyl groups is 2. The SMILES string of the molecule is C=Cc1ccccc1C=O.CN(C)Cc1ccc(-c2cccc(O)c2)c(O)c1. The molecule has 144 valence electrons.